The number of carbonyl (C=O) groups is 2. The standard InChI is InChI=1S/C12H14F3N3O3/c1-21-11(20)3-2-6-16-10(19)5-8-18-7-4-9(17-18)12(13,14)15/h2-4,7H,5-6,8H2,1H3,(H,16,19)/b3-2+. The van der Waals surface area contributed by atoms with Crippen LogP contribution in [0.4, 0.5) is 13.2 Å². The van der Waals surface area contributed by atoms with Crippen LogP contribution in [0.25, 0.3) is 0 Å². The maximum Gasteiger partial charge on any atom is 0.435 e. The first-order valence-electron chi connectivity index (χ1n) is 5.94. The summed E-state index contributed by atoms with van der Waals surface area (Å²) in [6.07, 6.45) is -0.798. The minimum Gasteiger partial charge on any atom is -0.466 e. The largest absolute Gasteiger partial charge is 0.466 e. The highest BCUT2D eigenvalue weighted by Gasteiger charge is 2.33. The highest BCUT2D eigenvalue weighted by atomic mass is 19.4. The molecule has 6 nitrogen and oxygen atoms in total. The van der Waals surface area contributed by atoms with E-state index in [4.69, 9.17) is 0 Å². The maximum atomic E-state index is 12.3. The van der Waals surface area contributed by atoms with Crippen molar-refractivity contribution in [3.8, 4) is 0 Å². The molecule has 0 bridgehead atoms. The molecule has 1 rings (SSSR count). The molecule has 0 aromatic carbocycles. The van der Waals surface area contributed by atoms with E-state index >= 15 is 0 Å². The first-order valence-corrected chi connectivity index (χ1v) is 5.94. The third kappa shape index (κ3) is 6.11. The van der Waals surface area contributed by atoms with Crippen LogP contribution in [0, 0.1) is 0 Å². The number of carbonyl (C=O) groups excluding carboxylic acids is 2. The van der Waals surface area contributed by atoms with Crippen molar-refractivity contribution >= 4 is 11.9 Å². The van der Waals surface area contributed by atoms with E-state index in [1.807, 2.05) is 0 Å². The topological polar surface area (TPSA) is 73.2 Å². The summed E-state index contributed by atoms with van der Waals surface area (Å²) >= 11 is 0. The number of nitrogens with zero attached hydrogens (tertiary/aromatic N) is 2. The Morgan fingerprint density at radius 1 is 1.48 bits per heavy atom. The van der Waals surface area contributed by atoms with E-state index in [-0.39, 0.29) is 25.4 Å². The molecule has 0 fully saturated rings. The Morgan fingerprint density at radius 3 is 2.76 bits per heavy atom. The van der Waals surface area contributed by atoms with Gasteiger partial charge in [0.05, 0.1) is 7.11 Å². The van der Waals surface area contributed by atoms with Gasteiger partial charge in [-0.15, -0.1) is 0 Å². The molecule has 1 aromatic heterocycles. The molecule has 0 aliphatic rings. The summed E-state index contributed by atoms with van der Waals surface area (Å²) in [5, 5.41) is 5.79. The van der Waals surface area contributed by atoms with Crippen LogP contribution in [-0.2, 0) is 27.0 Å². The number of esters is 1. The lowest BCUT2D eigenvalue weighted by Crippen LogP contribution is -2.24. The number of hydrogen-bond donors (Lipinski definition) is 1. The molecule has 1 amide bonds. The van der Waals surface area contributed by atoms with Crippen LogP contribution in [-0.4, -0.2) is 35.3 Å². The number of ether oxygens (including phenoxy) is 1. The van der Waals surface area contributed by atoms with E-state index < -0.39 is 17.8 Å². The van der Waals surface area contributed by atoms with E-state index in [9.17, 15) is 22.8 Å². The Balaban J connectivity index is 2.32. The Morgan fingerprint density at radius 2 is 2.19 bits per heavy atom. The Labute approximate surface area is 118 Å². The molecule has 0 aliphatic heterocycles. The van der Waals surface area contributed by atoms with Crippen LogP contribution < -0.4 is 5.32 Å². The van der Waals surface area contributed by atoms with Gasteiger partial charge in [-0.2, -0.15) is 18.3 Å². The minimum atomic E-state index is -4.49. The van der Waals surface area contributed by atoms with E-state index in [0.717, 1.165) is 23.0 Å². The number of alkyl halides is 3. The molecule has 0 spiro atoms. The highest BCUT2D eigenvalue weighted by Crippen LogP contribution is 2.27. The minimum absolute atomic E-state index is 0.0228. The van der Waals surface area contributed by atoms with E-state index in [0.29, 0.717) is 0 Å². The van der Waals surface area contributed by atoms with Gasteiger partial charge in [-0.25, -0.2) is 4.79 Å². The van der Waals surface area contributed by atoms with E-state index in [1.54, 1.807) is 0 Å². The van der Waals surface area contributed by atoms with Gasteiger partial charge in [-0.1, -0.05) is 6.08 Å². The lowest BCUT2D eigenvalue weighted by molar-refractivity contribution is -0.141. The third-order valence-electron chi connectivity index (χ3n) is 2.37. The van der Waals surface area contributed by atoms with E-state index in [2.05, 4.69) is 15.2 Å². The zero-order chi connectivity index (χ0) is 15.9. The summed E-state index contributed by atoms with van der Waals surface area (Å²) < 4.78 is 42.3. The van der Waals surface area contributed by atoms with Gasteiger partial charge in [0.2, 0.25) is 5.91 Å². The zero-order valence-electron chi connectivity index (χ0n) is 11.2. The number of aromatic nitrogens is 2. The smallest absolute Gasteiger partial charge is 0.435 e. The number of rotatable bonds is 6. The second-order valence-electron chi connectivity index (χ2n) is 3.94. The molecule has 0 aliphatic carbocycles. The molecular formula is C12H14F3N3O3. The maximum absolute atomic E-state index is 12.3. The molecule has 1 aromatic rings. The van der Waals surface area contributed by atoms with Crippen molar-refractivity contribution in [1.82, 2.24) is 15.1 Å². The SMILES string of the molecule is COC(=O)/C=C/CNC(=O)CCn1ccc(C(F)(F)F)n1. The predicted octanol–water partition coefficient (Wildman–Crippen LogP) is 1.14. The highest BCUT2D eigenvalue weighted by molar-refractivity contribution is 5.82. The van der Waals surface area contributed by atoms with Gasteiger partial charge in [0, 0.05) is 31.8 Å². The van der Waals surface area contributed by atoms with Gasteiger partial charge in [0.25, 0.3) is 0 Å². The molecule has 0 radical (unpaired) electrons. The van der Waals surface area contributed by atoms with Crippen molar-refractivity contribution in [1.29, 1.82) is 0 Å². The fourth-order valence-corrected chi connectivity index (χ4v) is 1.34. The summed E-state index contributed by atoms with van der Waals surface area (Å²) in [5.74, 6) is -0.908. The van der Waals surface area contributed by atoms with Gasteiger partial charge in [-0.05, 0) is 6.07 Å². The molecule has 1 N–H and O–H groups in total. The van der Waals surface area contributed by atoms with Gasteiger partial charge >= 0.3 is 12.1 Å². The molecule has 116 valence electrons. The fraction of sp³-hybridized carbons (Fsp3) is 0.417. The first-order chi connectivity index (χ1) is 9.82. The van der Waals surface area contributed by atoms with Crippen LogP contribution in [0.3, 0.4) is 0 Å². The number of hydrogen-bond acceptors (Lipinski definition) is 4. The Hall–Kier alpha value is -2.32. The molecule has 0 saturated heterocycles. The molecule has 9 heteroatoms. The molecule has 0 unspecified atom stereocenters. The predicted molar refractivity (Wildman–Crippen MR) is 66.0 cm³/mol. The normalized spacial score (nSPS) is 11.6. The average Bonchev–Trinajstić information content (AvgIpc) is 2.90. The van der Waals surface area contributed by atoms with Crippen LogP contribution in [0.1, 0.15) is 12.1 Å². The van der Waals surface area contributed by atoms with Crippen molar-refractivity contribution in [2.75, 3.05) is 13.7 Å². The Bertz CT molecular complexity index is 523. The number of aryl methyl sites for hydroxylation is 1. The summed E-state index contributed by atoms with van der Waals surface area (Å²) in [6.45, 7) is 0.156. The van der Waals surface area contributed by atoms with Crippen LogP contribution in [0.2, 0.25) is 0 Å². The van der Waals surface area contributed by atoms with Crippen molar-refractivity contribution in [3.05, 3.63) is 30.1 Å². The van der Waals surface area contributed by atoms with Crippen molar-refractivity contribution in [2.45, 2.75) is 19.1 Å². The van der Waals surface area contributed by atoms with Crippen LogP contribution in [0.5, 0.6) is 0 Å². The van der Waals surface area contributed by atoms with Gasteiger partial charge in [-0.3, -0.25) is 9.48 Å². The molecule has 21 heavy (non-hydrogen) atoms. The van der Waals surface area contributed by atoms with Gasteiger partial charge in [0.15, 0.2) is 5.69 Å². The molecule has 0 atom stereocenters. The summed E-state index contributed by atoms with van der Waals surface area (Å²) in [7, 11) is 1.23. The second-order valence-corrected chi connectivity index (χ2v) is 3.94. The summed E-state index contributed by atoms with van der Waals surface area (Å²) in [6, 6.07) is 0.844. The third-order valence-corrected chi connectivity index (χ3v) is 2.37. The molecule has 0 saturated carbocycles. The van der Waals surface area contributed by atoms with Crippen molar-refractivity contribution in [2.24, 2.45) is 0 Å². The lowest BCUT2D eigenvalue weighted by Gasteiger charge is -2.04. The Kier molecular flexibility index (Phi) is 5.94. The van der Waals surface area contributed by atoms with Crippen LogP contribution in [0.15, 0.2) is 24.4 Å². The number of methoxy groups -OCH3 is 1. The number of amides is 1. The van der Waals surface area contributed by atoms with Gasteiger partial charge < -0.3 is 10.1 Å². The van der Waals surface area contributed by atoms with Gasteiger partial charge in [0.1, 0.15) is 0 Å². The van der Waals surface area contributed by atoms with Crippen molar-refractivity contribution < 1.29 is 27.5 Å². The van der Waals surface area contributed by atoms with Crippen molar-refractivity contribution in [3.63, 3.8) is 0 Å². The fourth-order valence-electron chi connectivity index (χ4n) is 1.34. The quantitative estimate of drug-likeness (QED) is 0.632. The number of nitrogens with one attached hydrogen (secondary N) is 1. The molecule has 1 heterocycles. The average molecular weight is 305 g/mol. The lowest BCUT2D eigenvalue weighted by atomic mass is 10.4. The summed E-state index contributed by atoms with van der Waals surface area (Å²) in [4.78, 5) is 22.1. The second kappa shape index (κ2) is 7.46. The summed E-state index contributed by atoms with van der Waals surface area (Å²) in [5.41, 5.74) is -0.996. The zero-order valence-corrected chi connectivity index (χ0v) is 11.2. The van der Waals surface area contributed by atoms with E-state index in [1.165, 1.54) is 13.2 Å². The van der Waals surface area contributed by atoms with Crippen LogP contribution >= 0.6 is 0 Å². The first kappa shape index (κ1) is 16.7. The molecular weight excluding hydrogens is 291 g/mol. The monoisotopic (exact) mass is 305 g/mol. The number of halogens is 3.